The number of allylic oxidation sites excluding steroid dienone is 1. The molecule has 5 aromatic carbocycles. The molecule has 5 aromatic rings. The Labute approximate surface area is 361 Å². The van der Waals surface area contributed by atoms with Gasteiger partial charge in [-0.2, -0.15) is 0 Å². The molecule has 2 heterocycles. The summed E-state index contributed by atoms with van der Waals surface area (Å²) in [6, 6.07) is 42.8. The number of phenolic OH excluding ortho intramolecular Hbond substituents is 1. The molecule has 2 saturated heterocycles. The van der Waals surface area contributed by atoms with Gasteiger partial charge < -0.3 is 24.3 Å². The lowest BCUT2D eigenvalue weighted by Crippen LogP contribution is -2.66. The van der Waals surface area contributed by atoms with E-state index in [2.05, 4.69) is 97.4 Å². The molecule has 3 N–H and O–H groups in total. The van der Waals surface area contributed by atoms with E-state index in [4.69, 9.17) is 9.16 Å². The highest BCUT2D eigenvalue weighted by Crippen LogP contribution is 2.51. The molecule has 0 saturated carbocycles. The van der Waals surface area contributed by atoms with Gasteiger partial charge in [0.1, 0.15) is 5.75 Å². The number of nitrogens with zero attached hydrogens (tertiary/aromatic N) is 1. The molecule has 8 rings (SSSR count). The van der Waals surface area contributed by atoms with Crippen LogP contribution in [0.3, 0.4) is 0 Å². The molecule has 2 aliphatic heterocycles. The van der Waals surface area contributed by atoms with E-state index in [0.29, 0.717) is 30.5 Å². The van der Waals surface area contributed by atoms with Crippen molar-refractivity contribution in [2.75, 3.05) is 18.1 Å². The van der Waals surface area contributed by atoms with Gasteiger partial charge >= 0.3 is 7.12 Å². The first-order valence-corrected chi connectivity index (χ1v) is 23.2. The van der Waals surface area contributed by atoms with Gasteiger partial charge in [0.15, 0.2) is 0 Å². The third-order valence-electron chi connectivity index (χ3n) is 12.5. The molecular formula is C49H49BBrNO7Si. The van der Waals surface area contributed by atoms with Crippen molar-refractivity contribution < 1.29 is 33.9 Å². The maximum atomic E-state index is 14.6. The largest absolute Gasteiger partial charge is 0.507 e. The number of aromatic hydroxyl groups is 1. The second-order valence-electron chi connectivity index (χ2n) is 17.0. The van der Waals surface area contributed by atoms with Crippen molar-refractivity contribution in [1.82, 2.24) is 0 Å². The zero-order valence-corrected chi connectivity index (χ0v) is 36.6. The third-order valence-corrected chi connectivity index (χ3v) is 17.9. The van der Waals surface area contributed by atoms with Crippen molar-refractivity contribution in [2.45, 2.75) is 51.2 Å². The molecule has 3 aliphatic rings. The number of carbonyl (C=O) groups excluding carboxylic acids is 2. The van der Waals surface area contributed by atoms with Crippen molar-refractivity contribution in [3.8, 4) is 5.75 Å². The van der Waals surface area contributed by atoms with Crippen LogP contribution in [-0.4, -0.2) is 61.7 Å². The van der Waals surface area contributed by atoms with Gasteiger partial charge in [0.05, 0.1) is 36.8 Å². The number of anilines is 1. The van der Waals surface area contributed by atoms with Gasteiger partial charge in [0.2, 0.25) is 11.8 Å². The highest BCUT2D eigenvalue weighted by atomic mass is 79.9. The number of imide groups is 1. The first kappa shape index (κ1) is 41.8. The first-order valence-electron chi connectivity index (χ1n) is 20.5. The predicted molar refractivity (Wildman–Crippen MR) is 244 cm³/mol. The molecule has 60 heavy (non-hydrogen) atoms. The number of halogens is 1. The van der Waals surface area contributed by atoms with Crippen LogP contribution in [-0.2, 0) is 18.8 Å². The summed E-state index contributed by atoms with van der Waals surface area (Å²) in [6.07, 6.45) is 3.23. The van der Waals surface area contributed by atoms with Crippen LogP contribution in [0.5, 0.6) is 5.75 Å². The van der Waals surface area contributed by atoms with Crippen molar-refractivity contribution in [2.24, 2.45) is 17.8 Å². The van der Waals surface area contributed by atoms with Crippen molar-refractivity contribution in [3.05, 3.63) is 160 Å². The second-order valence-corrected chi connectivity index (χ2v) is 22.3. The van der Waals surface area contributed by atoms with Crippen LogP contribution < -0.4 is 20.7 Å². The maximum absolute atomic E-state index is 14.6. The minimum absolute atomic E-state index is 0.181. The lowest BCUT2D eigenvalue weighted by atomic mass is 9.69. The summed E-state index contributed by atoms with van der Waals surface area (Å²) in [5.41, 5.74) is 5.30. The Morgan fingerprint density at radius 3 is 2.13 bits per heavy atom. The SMILES string of the molecule is CC(C)(C)[Si](OCC1=C2[C@@H](CC/C(=C/c3cc(Br)ccc3O)c3ccccc3)OC[C@@H]2[C@@H]2C(=O)N(c3cccc(B(O)O)c3)C(=O)[C@@H]2C1)(c1ccccc1)c1ccccc1. The highest BCUT2D eigenvalue weighted by Gasteiger charge is 2.58. The summed E-state index contributed by atoms with van der Waals surface area (Å²) in [6.45, 7) is 7.28. The predicted octanol–water partition coefficient (Wildman–Crippen LogP) is 7.25. The summed E-state index contributed by atoms with van der Waals surface area (Å²) < 4.78 is 15.1. The molecule has 0 unspecified atom stereocenters. The number of amides is 2. The molecule has 0 aromatic heterocycles. The summed E-state index contributed by atoms with van der Waals surface area (Å²) in [5.74, 6) is -2.04. The lowest BCUT2D eigenvalue weighted by Gasteiger charge is -2.44. The lowest BCUT2D eigenvalue weighted by molar-refractivity contribution is -0.122. The Balaban J connectivity index is 1.20. The van der Waals surface area contributed by atoms with E-state index < -0.39 is 27.3 Å². The Morgan fingerprint density at radius 1 is 0.850 bits per heavy atom. The topological polar surface area (TPSA) is 117 Å². The van der Waals surface area contributed by atoms with Gasteiger partial charge in [-0.05, 0) is 98.8 Å². The number of hydrogen-bond donors (Lipinski definition) is 3. The van der Waals surface area contributed by atoms with Crippen LogP contribution in [0.15, 0.2) is 149 Å². The van der Waals surface area contributed by atoms with E-state index in [9.17, 15) is 24.7 Å². The van der Waals surface area contributed by atoms with Crippen LogP contribution in [0.1, 0.15) is 51.2 Å². The Morgan fingerprint density at radius 2 is 1.50 bits per heavy atom. The molecule has 2 fully saturated rings. The van der Waals surface area contributed by atoms with Gasteiger partial charge in [0, 0.05) is 16.0 Å². The number of benzene rings is 5. The standard InChI is InChI=1S/C49H49BBrNO7Si/c1-49(2,3)60(39-18-9-5-10-19-39,40-20-11-6-12-21-40)59-30-35-28-41-46(48(55)52(47(41)54)38-17-13-16-36(29-38)50(56)57)42-31-58-44(45(35)42)25-22-33(32-14-7-4-8-15-32)26-34-27-37(51)23-24-43(34)53/h4-21,23-24,26-27,29,41-42,44,46,53,56-57H,22,25,28,30-31H2,1-3H3/b33-26-/t41-,42+,44-,46-/m1/s1. The zero-order valence-electron chi connectivity index (χ0n) is 34.0. The van der Waals surface area contributed by atoms with Crippen LogP contribution in [0.4, 0.5) is 5.69 Å². The number of rotatable bonds is 12. The Kier molecular flexibility index (Phi) is 12.0. The number of phenols is 1. The molecular weight excluding hydrogens is 833 g/mol. The van der Waals surface area contributed by atoms with Gasteiger partial charge in [-0.3, -0.25) is 14.5 Å². The van der Waals surface area contributed by atoms with Crippen LogP contribution in [0.25, 0.3) is 11.6 Å². The van der Waals surface area contributed by atoms with E-state index in [1.807, 2.05) is 48.5 Å². The van der Waals surface area contributed by atoms with Crippen molar-refractivity contribution >= 4 is 76.4 Å². The van der Waals surface area contributed by atoms with Gasteiger partial charge in [0.25, 0.3) is 8.32 Å². The number of carbonyl (C=O) groups is 2. The molecule has 0 bridgehead atoms. The highest BCUT2D eigenvalue weighted by molar-refractivity contribution is 9.10. The minimum Gasteiger partial charge on any atom is -0.507 e. The molecule has 4 atom stereocenters. The molecule has 306 valence electrons. The fraction of sp³-hybridized carbons (Fsp3) is 0.265. The Hall–Kier alpha value is -4.88. The monoisotopic (exact) mass is 881 g/mol. The molecule has 8 nitrogen and oxygen atoms in total. The summed E-state index contributed by atoms with van der Waals surface area (Å²) in [4.78, 5) is 30.3. The molecule has 2 amide bonds. The number of hydrogen-bond acceptors (Lipinski definition) is 7. The average Bonchev–Trinajstić information content (AvgIpc) is 3.78. The fourth-order valence-corrected chi connectivity index (χ4v) is 14.6. The third kappa shape index (κ3) is 7.90. The summed E-state index contributed by atoms with van der Waals surface area (Å²) in [7, 11) is -4.75. The van der Waals surface area contributed by atoms with E-state index in [0.717, 1.165) is 37.1 Å². The minimum atomic E-state index is -3.00. The summed E-state index contributed by atoms with van der Waals surface area (Å²) >= 11 is 3.56. The first-order chi connectivity index (χ1) is 28.9. The number of ether oxygens (including phenoxy) is 1. The summed E-state index contributed by atoms with van der Waals surface area (Å²) in [5, 5.41) is 32.7. The molecule has 11 heteroatoms. The van der Waals surface area contributed by atoms with Crippen molar-refractivity contribution in [1.29, 1.82) is 0 Å². The van der Waals surface area contributed by atoms with E-state index in [-0.39, 0.29) is 53.3 Å². The smallest absolute Gasteiger partial charge is 0.488 e. The van der Waals surface area contributed by atoms with E-state index in [1.54, 1.807) is 24.3 Å². The molecule has 0 spiro atoms. The van der Waals surface area contributed by atoms with Crippen molar-refractivity contribution in [3.63, 3.8) is 0 Å². The molecule has 1 aliphatic carbocycles. The van der Waals surface area contributed by atoms with Gasteiger partial charge in [-0.1, -0.05) is 140 Å². The number of fused-ring (bicyclic) bond motifs is 3. The zero-order chi connectivity index (χ0) is 42.2. The average molecular weight is 883 g/mol. The quantitative estimate of drug-likeness (QED) is 0.0524. The van der Waals surface area contributed by atoms with Crippen LogP contribution >= 0.6 is 15.9 Å². The van der Waals surface area contributed by atoms with Crippen LogP contribution in [0, 0.1) is 17.8 Å². The van der Waals surface area contributed by atoms with Gasteiger partial charge in [-0.25, -0.2) is 0 Å². The fourth-order valence-electron chi connectivity index (χ4n) is 9.71. The van der Waals surface area contributed by atoms with E-state index in [1.165, 1.54) is 11.0 Å². The second kappa shape index (κ2) is 17.2. The van der Waals surface area contributed by atoms with Crippen LogP contribution in [0.2, 0.25) is 5.04 Å². The maximum Gasteiger partial charge on any atom is 0.488 e. The molecule has 0 radical (unpaired) electrons. The Bertz CT molecular complexity index is 2400. The van der Waals surface area contributed by atoms with E-state index >= 15 is 0 Å². The normalized spacial score (nSPS) is 20.7. The van der Waals surface area contributed by atoms with Gasteiger partial charge in [-0.15, -0.1) is 0 Å².